The van der Waals surface area contributed by atoms with Crippen LogP contribution in [0.15, 0.2) is 16.9 Å². The molecule has 9 heteroatoms. The lowest BCUT2D eigenvalue weighted by atomic mass is 9.86. The van der Waals surface area contributed by atoms with Crippen LogP contribution in [-0.2, 0) is 4.79 Å². The zero-order chi connectivity index (χ0) is 18.1. The second-order valence-corrected chi connectivity index (χ2v) is 5.47. The van der Waals surface area contributed by atoms with Gasteiger partial charge in [-0.15, -0.1) is 0 Å². The number of anilines is 2. The fraction of sp³-hybridized carbons (Fsp3) is 0.312. The van der Waals surface area contributed by atoms with E-state index in [1.807, 2.05) is 0 Å². The van der Waals surface area contributed by atoms with Gasteiger partial charge in [-0.05, 0) is 6.07 Å². The summed E-state index contributed by atoms with van der Waals surface area (Å²) in [7, 11) is 4.52. The molecule has 1 atom stereocenters. The highest BCUT2D eigenvalue weighted by Gasteiger charge is 2.33. The van der Waals surface area contributed by atoms with Crippen molar-refractivity contribution in [3.8, 4) is 17.2 Å². The molecule has 1 unspecified atom stereocenters. The Morgan fingerprint density at radius 3 is 2.36 bits per heavy atom. The van der Waals surface area contributed by atoms with Crippen molar-refractivity contribution in [2.45, 2.75) is 12.3 Å². The van der Waals surface area contributed by atoms with E-state index in [4.69, 9.17) is 19.9 Å². The number of nitrogens with one attached hydrogen (secondary N) is 2. The lowest BCUT2D eigenvalue weighted by Crippen LogP contribution is -2.31. The first-order chi connectivity index (χ1) is 12.0. The summed E-state index contributed by atoms with van der Waals surface area (Å²) >= 11 is 0. The number of nitrogens with two attached hydrogens (primary N) is 1. The van der Waals surface area contributed by atoms with Crippen molar-refractivity contribution in [1.29, 1.82) is 0 Å². The Morgan fingerprint density at radius 2 is 1.72 bits per heavy atom. The highest BCUT2D eigenvalue weighted by molar-refractivity contribution is 5.94. The summed E-state index contributed by atoms with van der Waals surface area (Å²) in [4.78, 5) is 31.0. The molecule has 0 fully saturated rings. The number of ether oxygens (including phenoxy) is 3. The zero-order valence-corrected chi connectivity index (χ0v) is 14.0. The highest BCUT2D eigenvalue weighted by Crippen LogP contribution is 2.43. The van der Waals surface area contributed by atoms with E-state index in [1.54, 1.807) is 12.1 Å². The van der Waals surface area contributed by atoms with Gasteiger partial charge in [-0.2, -0.15) is 4.98 Å². The first-order valence-electron chi connectivity index (χ1n) is 7.48. The van der Waals surface area contributed by atoms with E-state index in [9.17, 15) is 9.59 Å². The Bertz CT molecular complexity index is 893. The van der Waals surface area contributed by atoms with E-state index < -0.39 is 11.5 Å². The molecule has 0 spiro atoms. The van der Waals surface area contributed by atoms with Crippen LogP contribution in [0.5, 0.6) is 17.2 Å². The molecular formula is C16H18N4O5. The summed E-state index contributed by atoms with van der Waals surface area (Å²) in [5.74, 6) is 0.670. The number of fused-ring (bicyclic) bond motifs is 1. The van der Waals surface area contributed by atoms with Crippen molar-refractivity contribution < 1.29 is 19.0 Å². The number of carbonyl (C=O) groups is 1. The van der Waals surface area contributed by atoms with Gasteiger partial charge in [-0.25, -0.2) is 0 Å². The number of amides is 1. The number of hydrogen-bond acceptors (Lipinski definition) is 7. The maximum Gasteiger partial charge on any atom is 0.258 e. The molecule has 3 rings (SSSR count). The molecule has 1 aromatic heterocycles. The van der Waals surface area contributed by atoms with Gasteiger partial charge in [-0.3, -0.25) is 14.6 Å². The SMILES string of the molecule is COc1cc(OC)c(C2CC(=O)Nc3nc(N)[nH]c(=O)c32)cc1OC. The number of aromatic amines is 1. The number of nitrogens with zero attached hydrogens (tertiary/aromatic N) is 1. The summed E-state index contributed by atoms with van der Waals surface area (Å²) < 4.78 is 16.0. The van der Waals surface area contributed by atoms with Crippen molar-refractivity contribution in [1.82, 2.24) is 9.97 Å². The largest absolute Gasteiger partial charge is 0.496 e. The summed E-state index contributed by atoms with van der Waals surface area (Å²) in [6.07, 6.45) is 0.0630. The molecule has 4 N–H and O–H groups in total. The molecule has 25 heavy (non-hydrogen) atoms. The average Bonchev–Trinajstić information content (AvgIpc) is 2.58. The molecule has 1 aliphatic heterocycles. The number of carbonyl (C=O) groups excluding carboxylic acids is 1. The van der Waals surface area contributed by atoms with Gasteiger partial charge < -0.3 is 25.3 Å². The molecule has 1 amide bonds. The minimum absolute atomic E-state index is 0.0630. The molecule has 2 heterocycles. The maximum atomic E-state index is 12.4. The topological polar surface area (TPSA) is 129 Å². The third-order valence-electron chi connectivity index (χ3n) is 4.08. The van der Waals surface area contributed by atoms with E-state index in [0.29, 0.717) is 28.4 Å². The maximum absolute atomic E-state index is 12.4. The van der Waals surface area contributed by atoms with Crippen LogP contribution in [0.1, 0.15) is 23.5 Å². The van der Waals surface area contributed by atoms with E-state index in [2.05, 4.69) is 15.3 Å². The van der Waals surface area contributed by atoms with Gasteiger partial charge in [0.25, 0.3) is 5.56 Å². The minimum atomic E-state index is -0.560. The minimum Gasteiger partial charge on any atom is -0.496 e. The van der Waals surface area contributed by atoms with Gasteiger partial charge in [0.1, 0.15) is 11.6 Å². The quantitative estimate of drug-likeness (QED) is 0.748. The monoisotopic (exact) mass is 346 g/mol. The van der Waals surface area contributed by atoms with Gasteiger partial charge in [0.05, 0.1) is 26.9 Å². The van der Waals surface area contributed by atoms with Crippen molar-refractivity contribution in [2.75, 3.05) is 32.4 Å². The number of benzene rings is 1. The lowest BCUT2D eigenvalue weighted by molar-refractivity contribution is -0.116. The smallest absolute Gasteiger partial charge is 0.258 e. The Morgan fingerprint density at radius 1 is 1.08 bits per heavy atom. The van der Waals surface area contributed by atoms with Crippen LogP contribution in [0.2, 0.25) is 0 Å². The second kappa shape index (κ2) is 6.34. The van der Waals surface area contributed by atoms with Crippen molar-refractivity contribution in [2.24, 2.45) is 0 Å². The number of nitrogen functional groups attached to an aromatic ring is 1. The average molecular weight is 346 g/mol. The molecule has 0 saturated heterocycles. The summed E-state index contributed by atoms with van der Waals surface area (Å²) in [5.41, 5.74) is 6.10. The normalized spacial score (nSPS) is 16.0. The van der Waals surface area contributed by atoms with Gasteiger partial charge in [0.15, 0.2) is 11.5 Å². The Hall–Kier alpha value is -3.23. The first-order valence-corrected chi connectivity index (χ1v) is 7.48. The summed E-state index contributed by atoms with van der Waals surface area (Å²) in [6, 6.07) is 3.35. The van der Waals surface area contributed by atoms with Crippen LogP contribution < -0.4 is 30.8 Å². The first kappa shape index (κ1) is 16.6. The lowest BCUT2D eigenvalue weighted by Gasteiger charge is -2.26. The number of methoxy groups -OCH3 is 3. The molecule has 132 valence electrons. The summed E-state index contributed by atoms with van der Waals surface area (Å²) in [5, 5.41) is 2.58. The predicted octanol–water partition coefficient (Wildman–Crippen LogP) is 0.852. The number of hydrogen-bond donors (Lipinski definition) is 3. The molecule has 1 aromatic carbocycles. The van der Waals surface area contributed by atoms with Crippen LogP contribution in [0, 0.1) is 0 Å². The Balaban J connectivity index is 2.24. The Kier molecular flexibility index (Phi) is 4.22. The van der Waals surface area contributed by atoms with Crippen LogP contribution in [0.3, 0.4) is 0 Å². The van der Waals surface area contributed by atoms with E-state index in [0.717, 1.165) is 0 Å². The molecule has 0 saturated carbocycles. The van der Waals surface area contributed by atoms with Gasteiger partial charge in [0, 0.05) is 24.0 Å². The molecule has 0 radical (unpaired) electrons. The van der Waals surface area contributed by atoms with Crippen LogP contribution in [0.4, 0.5) is 11.8 Å². The molecule has 9 nitrogen and oxygen atoms in total. The number of rotatable bonds is 4. The summed E-state index contributed by atoms with van der Waals surface area (Å²) in [6.45, 7) is 0. The third kappa shape index (κ3) is 2.84. The molecular weight excluding hydrogens is 328 g/mol. The van der Waals surface area contributed by atoms with Crippen molar-refractivity contribution >= 4 is 17.7 Å². The second-order valence-electron chi connectivity index (χ2n) is 5.47. The standard InChI is InChI=1S/C16H18N4O5/c1-23-9-6-11(25-3)10(24-2)4-7(9)8-5-12(21)18-14-13(8)15(22)20-16(17)19-14/h4,6,8H,5H2,1-3H3,(H4,17,18,19,20,21,22). The van der Waals surface area contributed by atoms with E-state index >= 15 is 0 Å². The fourth-order valence-corrected chi connectivity index (χ4v) is 2.98. The third-order valence-corrected chi connectivity index (χ3v) is 4.08. The zero-order valence-electron chi connectivity index (χ0n) is 14.0. The number of aromatic nitrogens is 2. The van der Waals surface area contributed by atoms with Gasteiger partial charge >= 0.3 is 0 Å². The molecule has 1 aliphatic rings. The van der Waals surface area contributed by atoms with Crippen LogP contribution >= 0.6 is 0 Å². The Labute approximate surface area is 143 Å². The molecule has 0 aliphatic carbocycles. The van der Waals surface area contributed by atoms with Crippen LogP contribution in [-0.4, -0.2) is 37.2 Å². The van der Waals surface area contributed by atoms with Crippen molar-refractivity contribution in [3.63, 3.8) is 0 Å². The molecule has 0 bridgehead atoms. The number of H-pyrrole nitrogens is 1. The van der Waals surface area contributed by atoms with Crippen molar-refractivity contribution in [3.05, 3.63) is 33.6 Å². The van der Waals surface area contributed by atoms with E-state index in [-0.39, 0.29) is 24.1 Å². The predicted molar refractivity (Wildman–Crippen MR) is 90.5 cm³/mol. The van der Waals surface area contributed by atoms with Gasteiger partial charge in [0.2, 0.25) is 11.9 Å². The van der Waals surface area contributed by atoms with Gasteiger partial charge in [-0.1, -0.05) is 0 Å². The highest BCUT2D eigenvalue weighted by atomic mass is 16.5. The molecule has 2 aromatic rings. The van der Waals surface area contributed by atoms with E-state index in [1.165, 1.54) is 21.3 Å². The fourth-order valence-electron chi connectivity index (χ4n) is 2.98. The van der Waals surface area contributed by atoms with Crippen LogP contribution in [0.25, 0.3) is 0 Å².